The highest BCUT2D eigenvalue weighted by Gasteiger charge is 2.26. The second kappa shape index (κ2) is 12.4. The van der Waals surface area contributed by atoms with Gasteiger partial charge in [-0.1, -0.05) is 43.1 Å². The van der Waals surface area contributed by atoms with Gasteiger partial charge in [-0.15, -0.1) is 0 Å². The van der Waals surface area contributed by atoms with Crippen molar-refractivity contribution < 1.29 is 37.0 Å². The molecular formula is C27H24Cl2F3NO5. The first-order valence-electron chi connectivity index (χ1n) is 11.3. The smallest absolute Gasteiger partial charge is 0.339 e. The van der Waals surface area contributed by atoms with Crippen LogP contribution in [0.2, 0.25) is 10.0 Å². The number of fused-ring (bicyclic) bond motifs is 1. The van der Waals surface area contributed by atoms with Gasteiger partial charge in [-0.2, -0.15) is 0 Å². The van der Waals surface area contributed by atoms with E-state index in [1.54, 1.807) is 24.3 Å². The number of methoxy groups -OCH3 is 1. The van der Waals surface area contributed by atoms with E-state index in [1.807, 2.05) is 12.1 Å². The highest BCUT2D eigenvalue weighted by atomic mass is 35.5. The Bertz CT molecular complexity index is 1350. The van der Waals surface area contributed by atoms with Crippen LogP contribution in [0.4, 0.5) is 18.9 Å². The van der Waals surface area contributed by atoms with Gasteiger partial charge in [0.2, 0.25) is 0 Å². The van der Waals surface area contributed by atoms with Crippen LogP contribution in [-0.4, -0.2) is 32.6 Å². The van der Waals surface area contributed by atoms with Crippen molar-refractivity contribution in [1.29, 1.82) is 0 Å². The van der Waals surface area contributed by atoms with Gasteiger partial charge in [-0.05, 0) is 41.8 Å². The Morgan fingerprint density at radius 2 is 1.63 bits per heavy atom. The summed E-state index contributed by atoms with van der Waals surface area (Å²) in [5.74, 6) is -0.307. The minimum absolute atomic E-state index is 0.101. The summed E-state index contributed by atoms with van der Waals surface area (Å²) in [5, 5.41) is 0.930. The van der Waals surface area contributed by atoms with Gasteiger partial charge < -0.3 is 19.1 Å². The molecule has 11 heteroatoms. The lowest BCUT2D eigenvalue weighted by Crippen LogP contribution is -2.35. The molecule has 0 aromatic heterocycles. The number of benzene rings is 3. The van der Waals surface area contributed by atoms with Crippen LogP contribution in [0.15, 0.2) is 48.5 Å². The summed E-state index contributed by atoms with van der Waals surface area (Å²) in [6.07, 6.45) is -2.92. The van der Waals surface area contributed by atoms with Crippen molar-refractivity contribution in [3.8, 4) is 17.2 Å². The first-order valence-corrected chi connectivity index (χ1v) is 12.0. The highest BCUT2D eigenvalue weighted by Crippen LogP contribution is 2.37. The van der Waals surface area contributed by atoms with Gasteiger partial charge in [0.15, 0.2) is 6.61 Å². The zero-order valence-electron chi connectivity index (χ0n) is 20.9. The number of amides is 1. The van der Waals surface area contributed by atoms with Crippen LogP contribution < -0.4 is 14.4 Å². The fourth-order valence-corrected chi connectivity index (χ4v) is 4.12. The van der Waals surface area contributed by atoms with Gasteiger partial charge in [-0.25, -0.2) is 18.0 Å². The van der Waals surface area contributed by atoms with E-state index in [-0.39, 0.29) is 29.0 Å². The monoisotopic (exact) mass is 569 g/mol. The second-order valence-electron chi connectivity index (χ2n) is 8.46. The number of anilines is 1. The Morgan fingerprint density at radius 1 is 1.00 bits per heavy atom. The van der Waals surface area contributed by atoms with Crippen LogP contribution in [0.25, 0.3) is 0 Å². The number of esters is 1. The van der Waals surface area contributed by atoms with E-state index >= 15 is 0 Å². The molecule has 3 aromatic carbocycles. The normalized spacial score (nSPS) is 12.5. The quantitative estimate of drug-likeness (QED) is 0.293. The number of rotatable bonds is 5. The van der Waals surface area contributed by atoms with Gasteiger partial charge in [0.1, 0.15) is 23.1 Å². The lowest BCUT2D eigenvalue weighted by atomic mass is 10.0. The lowest BCUT2D eigenvalue weighted by Gasteiger charge is -2.26. The molecule has 0 aliphatic carbocycles. The summed E-state index contributed by atoms with van der Waals surface area (Å²) in [6, 6.07) is 12.1. The minimum Gasteiger partial charge on any atom is -0.481 e. The zero-order valence-corrected chi connectivity index (χ0v) is 22.4. The fourth-order valence-electron chi connectivity index (χ4n) is 3.49. The first kappa shape index (κ1) is 29.1. The summed E-state index contributed by atoms with van der Waals surface area (Å²) in [5.41, 5.74) is 0.787. The van der Waals surface area contributed by atoms with Crippen molar-refractivity contribution in [2.45, 2.75) is 26.2 Å². The number of carbonyl (C=O) groups is 2. The van der Waals surface area contributed by atoms with E-state index in [1.165, 1.54) is 19.1 Å². The third-order valence-electron chi connectivity index (χ3n) is 5.58. The SMILES string of the molecule is CN1C(=O)COc2cc(F)c(C(F)F)cc21.COC(=O)c1ccc(Oc2ccc(C(C)C)c(Cl)c2)cc1Cl. The van der Waals surface area contributed by atoms with Crippen molar-refractivity contribution in [2.75, 3.05) is 25.7 Å². The molecule has 0 unspecified atom stereocenters. The maximum absolute atomic E-state index is 13.2. The fraction of sp³-hybridized carbons (Fsp3) is 0.259. The number of hydrogen-bond donors (Lipinski definition) is 0. The Hall–Kier alpha value is -3.43. The Labute approximate surface area is 227 Å². The first-order chi connectivity index (χ1) is 17.9. The van der Waals surface area contributed by atoms with E-state index in [9.17, 15) is 22.8 Å². The van der Waals surface area contributed by atoms with Crippen LogP contribution >= 0.6 is 23.2 Å². The number of nitrogens with zero attached hydrogens (tertiary/aromatic N) is 1. The molecule has 1 aliphatic heterocycles. The molecule has 38 heavy (non-hydrogen) atoms. The number of halogens is 5. The van der Waals surface area contributed by atoms with Crippen LogP contribution in [0.5, 0.6) is 17.2 Å². The predicted octanol–water partition coefficient (Wildman–Crippen LogP) is 7.81. The van der Waals surface area contributed by atoms with E-state index in [0.29, 0.717) is 28.0 Å². The van der Waals surface area contributed by atoms with Crippen LogP contribution in [0.3, 0.4) is 0 Å². The van der Waals surface area contributed by atoms with Gasteiger partial charge in [0.25, 0.3) is 12.3 Å². The number of hydrogen-bond acceptors (Lipinski definition) is 5. The average molecular weight is 570 g/mol. The van der Waals surface area contributed by atoms with Gasteiger partial charge in [-0.3, -0.25) is 4.79 Å². The topological polar surface area (TPSA) is 65.1 Å². The summed E-state index contributed by atoms with van der Waals surface area (Å²) < 4.78 is 53.4. The Kier molecular flexibility index (Phi) is 9.51. The predicted molar refractivity (Wildman–Crippen MR) is 139 cm³/mol. The molecule has 0 saturated carbocycles. The molecule has 0 radical (unpaired) electrons. The highest BCUT2D eigenvalue weighted by molar-refractivity contribution is 6.33. The molecular weight excluding hydrogens is 546 g/mol. The molecule has 1 aliphatic rings. The van der Waals surface area contributed by atoms with E-state index in [2.05, 4.69) is 18.6 Å². The molecule has 0 N–H and O–H groups in total. The van der Waals surface area contributed by atoms with E-state index in [0.717, 1.165) is 17.7 Å². The summed E-state index contributed by atoms with van der Waals surface area (Å²) in [6.45, 7) is 3.94. The molecule has 6 nitrogen and oxygen atoms in total. The van der Waals surface area contributed by atoms with Crippen molar-refractivity contribution in [3.63, 3.8) is 0 Å². The standard InChI is InChI=1S/C17H16Cl2O3.C10H8F3NO2/c1-10(2)13-6-4-11(8-15(13)18)22-12-5-7-14(16(19)9-12)17(20)21-3;1-14-7-2-5(10(12)13)6(11)3-8(7)16-4-9(14)15/h4-10H,1-3H3;2-3,10H,4H2,1H3. The maximum Gasteiger partial charge on any atom is 0.339 e. The molecule has 4 rings (SSSR count). The zero-order chi connectivity index (χ0) is 28.1. The van der Waals surface area contributed by atoms with Gasteiger partial charge in [0, 0.05) is 24.2 Å². The summed E-state index contributed by atoms with van der Waals surface area (Å²) >= 11 is 12.3. The van der Waals surface area contributed by atoms with Crippen molar-refractivity contribution in [3.05, 3.63) is 81.1 Å². The number of alkyl halides is 2. The van der Waals surface area contributed by atoms with Gasteiger partial charge in [0.05, 0.1) is 28.9 Å². The third kappa shape index (κ3) is 6.71. The molecule has 1 heterocycles. The van der Waals surface area contributed by atoms with Crippen molar-refractivity contribution in [1.82, 2.24) is 0 Å². The van der Waals surface area contributed by atoms with Crippen LogP contribution in [-0.2, 0) is 9.53 Å². The average Bonchev–Trinajstić information content (AvgIpc) is 2.86. The molecule has 0 atom stereocenters. The largest absolute Gasteiger partial charge is 0.481 e. The number of ether oxygens (including phenoxy) is 3. The second-order valence-corrected chi connectivity index (χ2v) is 9.27. The van der Waals surface area contributed by atoms with Crippen LogP contribution in [0, 0.1) is 5.82 Å². The number of carbonyl (C=O) groups excluding carboxylic acids is 2. The molecule has 0 bridgehead atoms. The molecule has 0 spiro atoms. The molecule has 0 saturated heterocycles. The molecule has 0 fully saturated rings. The van der Waals surface area contributed by atoms with E-state index in [4.69, 9.17) is 32.7 Å². The Balaban J connectivity index is 0.000000221. The third-order valence-corrected chi connectivity index (χ3v) is 6.22. The minimum atomic E-state index is -2.92. The van der Waals surface area contributed by atoms with Crippen LogP contribution in [0.1, 0.15) is 47.7 Å². The summed E-state index contributed by atoms with van der Waals surface area (Å²) in [7, 11) is 2.73. The lowest BCUT2D eigenvalue weighted by molar-refractivity contribution is -0.121. The molecule has 3 aromatic rings. The summed E-state index contributed by atoms with van der Waals surface area (Å²) in [4.78, 5) is 23.9. The van der Waals surface area contributed by atoms with Gasteiger partial charge >= 0.3 is 5.97 Å². The molecule has 1 amide bonds. The Morgan fingerprint density at radius 3 is 2.18 bits per heavy atom. The number of likely N-dealkylation sites (N-methyl/N-ethyl adjacent to an activating group) is 1. The van der Waals surface area contributed by atoms with Crippen molar-refractivity contribution in [2.24, 2.45) is 0 Å². The van der Waals surface area contributed by atoms with Crippen molar-refractivity contribution >= 4 is 40.8 Å². The maximum atomic E-state index is 13.2. The van der Waals surface area contributed by atoms with E-state index < -0.39 is 23.8 Å². The molecule has 202 valence electrons.